The second-order valence-corrected chi connectivity index (χ2v) is 5.04. The molecule has 1 aromatic carbocycles. The molecule has 120 valence electrons. The molecule has 0 aromatic heterocycles. The number of nitrogens with zero attached hydrogens (tertiary/aromatic N) is 1. The van der Waals surface area contributed by atoms with E-state index in [1.54, 1.807) is 29.3 Å². The van der Waals surface area contributed by atoms with Crippen LogP contribution in [0.2, 0.25) is 0 Å². The summed E-state index contributed by atoms with van der Waals surface area (Å²) in [5.74, 6) is -1.21. The Morgan fingerprint density at radius 3 is 2.35 bits per heavy atom. The van der Waals surface area contributed by atoms with Crippen molar-refractivity contribution in [1.29, 1.82) is 0 Å². The summed E-state index contributed by atoms with van der Waals surface area (Å²) in [6.07, 6.45) is 6.70. The van der Waals surface area contributed by atoms with Crippen LogP contribution < -0.4 is 4.90 Å². The zero-order valence-corrected chi connectivity index (χ0v) is 13.6. The van der Waals surface area contributed by atoms with Crippen LogP contribution in [0.5, 0.6) is 0 Å². The molecule has 0 saturated carbocycles. The molecule has 0 fully saturated rings. The first-order chi connectivity index (χ1) is 11.0. The summed E-state index contributed by atoms with van der Waals surface area (Å²) in [5.41, 5.74) is 3.15. The van der Waals surface area contributed by atoms with Crippen molar-refractivity contribution in [2.24, 2.45) is 0 Å². The SMILES string of the molecule is COC(=O)C1=C(C(=O)OC)N(c2cccc(C)c2C)C=CC=C1. The van der Waals surface area contributed by atoms with Crippen LogP contribution in [0.15, 0.2) is 53.9 Å². The summed E-state index contributed by atoms with van der Waals surface area (Å²) in [6.45, 7) is 3.95. The Morgan fingerprint density at radius 1 is 1.00 bits per heavy atom. The van der Waals surface area contributed by atoms with Crippen LogP contribution in [-0.2, 0) is 19.1 Å². The number of rotatable bonds is 3. The molecular formula is C18H19NO4. The molecule has 0 bridgehead atoms. The van der Waals surface area contributed by atoms with Gasteiger partial charge in [0.25, 0.3) is 0 Å². The Morgan fingerprint density at radius 2 is 1.70 bits per heavy atom. The Bertz CT molecular complexity index is 729. The van der Waals surface area contributed by atoms with Crippen molar-refractivity contribution in [2.45, 2.75) is 13.8 Å². The second kappa shape index (κ2) is 6.96. The van der Waals surface area contributed by atoms with E-state index in [9.17, 15) is 9.59 Å². The Balaban J connectivity index is 2.71. The first-order valence-corrected chi connectivity index (χ1v) is 7.12. The number of hydrogen-bond donors (Lipinski definition) is 0. The number of hydrogen-bond acceptors (Lipinski definition) is 5. The number of carbonyl (C=O) groups is 2. The van der Waals surface area contributed by atoms with Crippen LogP contribution in [-0.4, -0.2) is 26.2 Å². The number of allylic oxidation sites excluding steroid dienone is 2. The summed E-state index contributed by atoms with van der Waals surface area (Å²) >= 11 is 0. The van der Waals surface area contributed by atoms with Gasteiger partial charge >= 0.3 is 11.9 Å². The van der Waals surface area contributed by atoms with E-state index in [2.05, 4.69) is 0 Å². The quantitative estimate of drug-likeness (QED) is 0.803. The van der Waals surface area contributed by atoms with Gasteiger partial charge in [-0.3, -0.25) is 0 Å². The van der Waals surface area contributed by atoms with Gasteiger partial charge in [-0.05, 0) is 43.2 Å². The highest BCUT2D eigenvalue weighted by Gasteiger charge is 2.28. The number of methoxy groups -OCH3 is 2. The van der Waals surface area contributed by atoms with Crippen LogP contribution in [0.25, 0.3) is 0 Å². The maximum absolute atomic E-state index is 12.3. The molecule has 5 nitrogen and oxygen atoms in total. The highest BCUT2D eigenvalue weighted by atomic mass is 16.5. The molecule has 1 aliphatic heterocycles. The molecule has 2 rings (SSSR count). The van der Waals surface area contributed by atoms with E-state index in [4.69, 9.17) is 9.47 Å². The standard InChI is InChI=1S/C18H19NO4/c1-12-8-7-10-15(13(12)2)19-11-6-5-9-14(17(20)22-3)16(19)18(21)23-4/h5-11H,1-4H3. The molecule has 0 N–H and O–H groups in total. The highest BCUT2D eigenvalue weighted by molar-refractivity contribution is 6.05. The summed E-state index contributed by atoms with van der Waals surface area (Å²) < 4.78 is 9.68. The summed E-state index contributed by atoms with van der Waals surface area (Å²) in [5, 5.41) is 0. The van der Waals surface area contributed by atoms with Gasteiger partial charge in [0.05, 0.1) is 19.8 Å². The molecule has 1 aromatic rings. The molecule has 0 amide bonds. The zero-order valence-electron chi connectivity index (χ0n) is 13.6. The van der Waals surface area contributed by atoms with Gasteiger partial charge in [-0.15, -0.1) is 0 Å². The van der Waals surface area contributed by atoms with Gasteiger partial charge < -0.3 is 14.4 Å². The lowest BCUT2D eigenvalue weighted by atomic mass is 10.1. The Kier molecular flexibility index (Phi) is 5.01. The van der Waals surface area contributed by atoms with Crippen molar-refractivity contribution in [2.75, 3.05) is 19.1 Å². The molecule has 1 heterocycles. The maximum Gasteiger partial charge on any atom is 0.355 e. The van der Waals surface area contributed by atoms with E-state index in [1.165, 1.54) is 14.2 Å². The number of benzene rings is 1. The molecule has 0 unspecified atom stereocenters. The fourth-order valence-corrected chi connectivity index (χ4v) is 2.35. The van der Waals surface area contributed by atoms with Gasteiger partial charge in [0.15, 0.2) is 0 Å². The van der Waals surface area contributed by atoms with Crippen molar-refractivity contribution in [3.05, 3.63) is 65.0 Å². The number of ether oxygens (including phenoxy) is 2. The smallest absolute Gasteiger partial charge is 0.355 e. The summed E-state index contributed by atoms with van der Waals surface area (Å²) in [4.78, 5) is 26.1. The normalized spacial score (nSPS) is 13.8. The largest absolute Gasteiger partial charge is 0.465 e. The number of anilines is 1. The second-order valence-electron chi connectivity index (χ2n) is 5.04. The number of carbonyl (C=O) groups excluding carboxylic acids is 2. The van der Waals surface area contributed by atoms with Crippen LogP contribution >= 0.6 is 0 Å². The third kappa shape index (κ3) is 3.18. The topological polar surface area (TPSA) is 55.8 Å². The molecule has 1 aliphatic rings. The van der Waals surface area contributed by atoms with Crippen molar-refractivity contribution < 1.29 is 19.1 Å². The Hall–Kier alpha value is -2.82. The average molecular weight is 313 g/mol. The van der Waals surface area contributed by atoms with E-state index < -0.39 is 11.9 Å². The fraction of sp³-hybridized carbons (Fsp3) is 0.222. The fourth-order valence-electron chi connectivity index (χ4n) is 2.35. The van der Waals surface area contributed by atoms with E-state index in [0.717, 1.165) is 16.8 Å². The third-order valence-electron chi connectivity index (χ3n) is 3.72. The zero-order chi connectivity index (χ0) is 17.0. The van der Waals surface area contributed by atoms with Crippen molar-refractivity contribution in [1.82, 2.24) is 0 Å². The molecule has 0 radical (unpaired) electrons. The van der Waals surface area contributed by atoms with E-state index in [-0.39, 0.29) is 11.3 Å². The lowest BCUT2D eigenvalue weighted by molar-refractivity contribution is -0.139. The Labute approximate surface area is 135 Å². The monoisotopic (exact) mass is 313 g/mol. The molecule has 0 spiro atoms. The van der Waals surface area contributed by atoms with Crippen LogP contribution in [0.4, 0.5) is 5.69 Å². The molecule has 0 aliphatic carbocycles. The highest BCUT2D eigenvalue weighted by Crippen LogP contribution is 2.30. The van der Waals surface area contributed by atoms with E-state index in [1.807, 2.05) is 32.0 Å². The minimum Gasteiger partial charge on any atom is -0.465 e. The number of aryl methyl sites for hydroxylation is 1. The molecule has 5 heteroatoms. The van der Waals surface area contributed by atoms with Gasteiger partial charge in [0, 0.05) is 11.9 Å². The van der Waals surface area contributed by atoms with Crippen LogP contribution in [0.1, 0.15) is 11.1 Å². The minimum atomic E-state index is -0.609. The van der Waals surface area contributed by atoms with Gasteiger partial charge in [-0.1, -0.05) is 18.2 Å². The van der Waals surface area contributed by atoms with Gasteiger partial charge in [-0.25, -0.2) is 9.59 Å². The molecule has 23 heavy (non-hydrogen) atoms. The summed E-state index contributed by atoms with van der Waals surface area (Å²) in [6, 6.07) is 5.77. The van der Waals surface area contributed by atoms with Gasteiger partial charge in [0.1, 0.15) is 5.70 Å². The van der Waals surface area contributed by atoms with Crippen molar-refractivity contribution in [3.8, 4) is 0 Å². The van der Waals surface area contributed by atoms with Gasteiger partial charge in [0.2, 0.25) is 0 Å². The first kappa shape index (κ1) is 16.5. The van der Waals surface area contributed by atoms with E-state index >= 15 is 0 Å². The molecule has 0 atom stereocenters. The predicted octanol–water partition coefficient (Wildman–Crippen LogP) is 2.79. The maximum atomic E-state index is 12.3. The molecular weight excluding hydrogens is 294 g/mol. The van der Waals surface area contributed by atoms with Crippen LogP contribution in [0.3, 0.4) is 0 Å². The predicted molar refractivity (Wildman–Crippen MR) is 87.7 cm³/mol. The van der Waals surface area contributed by atoms with E-state index in [0.29, 0.717) is 0 Å². The number of esters is 2. The lowest BCUT2D eigenvalue weighted by Gasteiger charge is -2.25. The first-order valence-electron chi connectivity index (χ1n) is 7.12. The van der Waals surface area contributed by atoms with Crippen molar-refractivity contribution in [3.63, 3.8) is 0 Å². The summed E-state index contributed by atoms with van der Waals surface area (Å²) in [7, 11) is 2.56. The average Bonchev–Trinajstić information content (AvgIpc) is 2.78. The lowest BCUT2D eigenvalue weighted by Crippen LogP contribution is -2.27. The minimum absolute atomic E-state index is 0.123. The van der Waals surface area contributed by atoms with Gasteiger partial charge in [-0.2, -0.15) is 0 Å². The molecule has 0 saturated heterocycles. The van der Waals surface area contributed by atoms with Crippen LogP contribution in [0, 0.1) is 13.8 Å². The third-order valence-corrected chi connectivity index (χ3v) is 3.72. The van der Waals surface area contributed by atoms with Crippen molar-refractivity contribution >= 4 is 17.6 Å².